The zero-order chi connectivity index (χ0) is 47.9. The van der Waals surface area contributed by atoms with Gasteiger partial charge in [0.05, 0.1) is 48.0 Å². The van der Waals surface area contributed by atoms with E-state index in [0.717, 1.165) is 5.56 Å². The Balaban J connectivity index is 1.76. The summed E-state index contributed by atoms with van der Waals surface area (Å²) in [6.45, 7) is 18.9. The number of carbonyl (C=O) groups is 2. The van der Waals surface area contributed by atoms with Crippen LogP contribution in [0.3, 0.4) is 0 Å². The van der Waals surface area contributed by atoms with Gasteiger partial charge in [-0.3, -0.25) is 19.5 Å². The van der Waals surface area contributed by atoms with Crippen LogP contribution in [0.2, 0.25) is 0 Å². The second-order valence-corrected chi connectivity index (χ2v) is 19.9. The lowest BCUT2D eigenvalue weighted by Gasteiger charge is -2.48. The first-order chi connectivity index (χ1) is 29.9. The molecule has 0 saturated carbocycles. The first-order valence-electron chi connectivity index (χ1n) is 23.2. The second kappa shape index (κ2) is 23.1. The molecule has 3 fully saturated rings. The number of nitrogens with one attached hydrogen (secondary N) is 1. The lowest BCUT2D eigenvalue weighted by Crippen LogP contribution is -2.61. The molecule has 0 unspecified atom stereocenters. The van der Waals surface area contributed by atoms with E-state index in [0.29, 0.717) is 26.1 Å². The van der Waals surface area contributed by atoms with Crippen LogP contribution in [-0.2, 0) is 49.3 Å². The van der Waals surface area contributed by atoms with E-state index >= 15 is 0 Å². The third kappa shape index (κ3) is 13.4. The predicted molar refractivity (Wildman–Crippen MR) is 239 cm³/mol. The highest BCUT2D eigenvalue weighted by atomic mass is 16.7. The zero-order valence-electron chi connectivity index (χ0n) is 40.9. The summed E-state index contributed by atoms with van der Waals surface area (Å²) in [5.41, 5.74) is -3.53. The van der Waals surface area contributed by atoms with Gasteiger partial charge < -0.3 is 63.8 Å². The molecule has 0 bridgehead atoms. The van der Waals surface area contributed by atoms with Gasteiger partial charge in [0.2, 0.25) is 0 Å². The summed E-state index contributed by atoms with van der Waals surface area (Å²) in [4.78, 5) is 36.2. The maximum atomic E-state index is 14.7. The van der Waals surface area contributed by atoms with Crippen molar-refractivity contribution in [2.24, 2.45) is 17.8 Å². The first-order valence-corrected chi connectivity index (χ1v) is 23.2. The monoisotopic (exact) mass is 911 g/mol. The van der Waals surface area contributed by atoms with Crippen LogP contribution in [0.5, 0.6) is 0 Å². The van der Waals surface area contributed by atoms with Crippen molar-refractivity contribution < 1.29 is 63.2 Å². The topological polar surface area (TPSA) is 211 Å². The average molecular weight is 911 g/mol. The number of rotatable bonds is 13. The Morgan fingerprint density at radius 2 is 1.66 bits per heavy atom. The van der Waals surface area contributed by atoms with Gasteiger partial charge in [-0.15, -0.1) is 0 Å². The van der Waals surface area contributed by atoms with Gasteiger partial charge >= 0.3 is 11.9 Å². The van der Waals surface area contributed by atoms with Crippen LogP contribution in [0.1, 0.15) is 107 Å². The molecule has 64 heavy (non-hydrogen) atoms. The molecular weight excluding hydrogens is 829 g/mol. The molecule has 5 N–H and O–H groups in total. The van der Waals surface area contributed by atoms with Gasteiger partial charge in [-0.05, 0) is 112 Å². The molecule has 17 nitrogen and oxygen atoms in total. The number of likely N-dealkylation sites (N-methyl/N-ethyl adjacent to an activating group) is 2. The van der Waals surface area contributed by atoms with Gasteiger partial charge in [0, 0.05) is 63.6 Å². The van der Waals surface area contributed by atoms with E-state index in [1.807, 2.05) is 70.8 Å². The van der Waals surface area contributed by atoms with E-state index in [1.165, 1.54) is 14.0 Å². The number of aromatic nitrogens is 1. The van der Waals surface area contributed by atoms with Crippen molar-refractivity contribution in [3.05, 3.63) is 30.1 Å². The fraction of sp³-hybridized carbons (Fsp3) is 0.851. The fourth-order valence-corrected chi connectivity index (χ4v) is 10.1. The van der Waals surface area contributed by atoms with Crippen LogP contribution in [0.15, 0.2) is 24.5 Å². The maximum absolute atomic E-state index is 14.7. The van der Waals surface area contributed by atoms with Crippen molar-refractivity contribution in [2.75, 3.05) is 41.3 Å². The lowest BCUT2D eigenvalue weighted by molar-refractivity contribution is -0.318. The van der Waals surface area contributed by atoms with Crippen LogP contribution in [0.4, 0.5) is 0 Å². The molecule has 1 aromatic heterocycles. The SMILES string of the molecule is CC[C@H]1OC(=O)[C@H](C)[C@@H](O[C@H]2C[C@@](C)(OC)[C@@H](O)[C@H](C)O2)[C@H](C)[C@@H](O[C@@H]2O[C@H](C)C[C@H](N(C)C)[C@H]2O)[C@@](C)(O)C[C@@H](C)CN(C)[C@H](C)[C@@H](OC(=O)CCNCc2ccncc2)[C@]1(C)O. The number of cyclic esters (lactones) is 1. The van der Waals surface area contributed by atoms with Crippen molar-refractivity contribution in [1.29, 1.82) is 0 Å². The molecule has 18 atom stereocenters. The number of ether oxygens (including phenoxy) is 7. The molecule has 4 heterocycles. The van der Waals surface area contributed by atoms with E-state index < -0.39 is 102 Å². The van der Waals surface area contributed by atoms with Crippen LogP contribution >= 0.6 is 0 Å². The van der Waals surface area contributed by atoms with Gasteiger partial charge in [0.25, 0.3) is 0 Å². The van der Waals surface area contributed by atoms with E-state index in [9.17, 15) is 30.0 Å². The molecule has 3 saturated heterocycles. The van der Waals surface area contributed by atoms with Crippen LogP contribution in [-0.4, -0.2) is 179 Å². The number of carbonyl (C=O) groups excluding carboxylic acids is 2. The molecule has 0 amide bonds. The van der Waals surface area contributed by atoms with Crippen LogP contribution in [0, 0.1) is 17.8 Å². The number of nitrogens with zero attached hydrogens (tertiary/aromatic N) is 3. The number of aliphatic hydroxyl groups is 4. The van der Waals surface area contributed by atoms with Gasteiger partial charge in [-0.2, -0.15) is 0 Å². The van der Waals surface area contributed by atoms with Gasteiger partial charge in [-0.1, -0.05) is 20.8 Å². The Morgan fingerprint density at radius 1 is 1.00 bits per heavy atom. The van der Waals surface area contributed by atoms with Crippen molar-refractivity contribution in [3.63, 3.8) is 0 Å². The molecule has 368 valence electrons. The minimum atomic E-state index is -1.87. The molecule has 4 rings (SSSR count). The minimum Gasteiger partial charge on any atom is -0.459 e. The Bertz CT molecular complexity index is 1610. The molecule has 3 aliphatic rings. The molecule has 1 aromatic rings. The summed E-state index contributed by atoms with van der Waals surface area (Å²) in [5.74, 6) is -3.32. The Kier molecular flexibility index (Phi) is 19.5. The Hall–Kier alpha value is -2.39. The number of pyridine rings is 1. The van der Waals surface area contributed by atoms with Crippen molar-refractivity contribution in [1.82, 2.24) is 20.1 Å². The summed E-state index contributed by atoms with van der Waals surface area (Å²) in [5, 5.41) is 51.3. The quantitative estimate of drug-likeness (QED) is 0.142. The minimum absolute atomic E-state index is 0.0216. The highest BCUT2D eigenvalue weighted by Crippen LogP contribution is 2.40. The van der Waals surface area contributed by atoms with E-state index in [4.69, 9.17) is 33.2 Å². The molecule has 0 aromatic carbocycles. The van der Waals surface area contributed by atoms with E-state index in [-0.39, 0.29) is 43.7 Å². The van der Waals surface area contributed by atoms with Crippen LogP contribution < -0.4 is 5.32 Å². The number of aliphatic hydroxyl groups excluding tert-OH is 2. The zero-order valence-corrected chi connectivity index (χ0v) is 40.9. The van der Waals surface area contributed by atoms with Gasteiger partial charge in [-0.25, -0.2) is 0 Å². The third-order valence-electron chi connectivity index (χ3n) is 14.0. The molecule has 0 aliphatic carbocycles. The number of hydrogen-bond acceptors (Lipinski definition) is 17. The number of methoxy groups -OCH3 is 1. The number of hydrogen-bond donors (Lipinski definition) is 5. The van der Waals surface area contributed by atoms with Crippen molar-refractivity contribution in [3.8, 4) is 0 Å². The van der Waals surface area contributed by atoms with Crippen molar-refractivity contribution in [2.45, 2.75) is 198 Å². The third-order valence-corrected chi connectivity index (χ3v) is 14.0. The first kappa shape index (κ1) is 54.2. The maximum Gasteiger partial charge on any atom is 0.311 e. The van der Waals surface area contributed by atoms with E-state index in [2.05, 4.69) is 10.3 Å². The van der Waals surface area contributed by atoms with Crippen molar-refractivity contribution >= 4 is 11.9 Å². The molecule has 3 aliphatic heterocycles. The predicted octanol–water partition coefficient (Wildman–Crippen LogP) is 3.03. The summed E-state index contributed by atoms with van der Waals surface area (Å²) in [6, 6.07) is 2.88. The fourth-order valence-electron chi connectivity index (χ4n) is 10.1. The Labute approximate surface area is 381 Å². The smallest absolute Gasteiger partial charge is 0.311 e. The summed E-state index contributed by atoms with van der Waals surface area (Å²) in [6.07, 6.45) is -5.15. The molecule has 17 heteroatoms. The lowest BCUT2D eigenvalue weighted by atomic mass is 9.77. The summed E-state index contributed by atoms with van der Waals surface area (Å²) < 4.78 is 44.3. The second-order valence-electron chi connectivity index (χ2n) is 19.9. The number of esters is 2. The van der Waals surface area contributed by atoms with Gasteiger partial charge in [0.15, 0.2) is 12.6 Å². The Morgan fingerprint density at radius 3 is 2.27 bits per heavy atom. The van der Waals surface area contributed by atoms with E-state index in [1.54, 1.807) is 47.0 Å². The normalized spacial score (nSPS) is 42.4. The average Bonchev–Trinajstić information content (AvgIpc) is 3.23. The molecular formula is C47H82N4O13. The largest absolute Gasteiger partial charge is 0.459 e. The summed E-state index contributed by atoms with van der Waals surface area (Å²) >= 11 is 0. The highest BCUT2D eigenvalue weighted by molar-refractivity contribution is 5.73. The van der Waals surface area contributed by atoms with Crippen LogP contribution in [0.25, 0.3) is 0 Å². The van der Waals surface area contributed by atoms with Gasteiger partial charge in [0.1, 0.15) is 30.0 Å². The standard InChI is InChI=1S/C47H82N4O13/c1-15-35-47(10,57)42(62-36(52)18-21-49-25-33-16-19-48-20-17-33)31(6)51(13)26-27(2)23-45(8,56)41(64-44-38(53)34(50(11)12)22-28(3)59-44)29(4)39(30(5)43(55)61-35)63-37-24-46(9,58-14)40(54)32(7)60-37/h16-17,19-20,27-32,34-35,37-42,44,49,53-54,56-57H,15,18,21-26H2,1-14H3/t27-,28-,29+,30-,31-,32+,34+,35-,37+,38-,39+,40+,41-,42-,44+,45+,46-,47-/m1/s1. The molecule has 0 radical (unpaired) electrons. The molecule has 0 spiro atoms. The summed E-state index contributed by atoms with van der Waals surface area (Å²) in [7, 11) is 7.13. The highest BCUT2D eigenvalue weighted by Gasteiger charge is 2.53.